The zero-order valence-electron chi connectivity index (χ0n) is 14.6. The number of ether oxygens (including phenoxy) is 1. The number of thioether (sulfide) groups is 1. The van der Waals surface area contributed by atoms with Crippen LogP contribution in [0.1, 0.15) is 30.5 Å². The SMILES string of the molecule is CCCCOC(=O)CSc1nnc(Cc2cccs2)n1-c1ccccc1. The highest BCUT2D eigenvalue weighted by atomic mass is 32.2. The van der Waals surface area contributed by atoms with Crippen molar-refractivity contribution in [2.45, 2.75) is 31.3 Å². The molecule has 0 fully saturated rings. The third-order valence-electron chi connectivity index (χ3n) is 3.71. The summed E-state index contributed by atoms with van der Waals surface area (Å²) in [5.74, 6) is 0.875. The number of esters is 1. The fourth-order valence-electron chi connectivity index (χ4n) is 2.41. The number of nitrogens with zero attached hydrogens (tertiary/aromatic N) is 3. The van der Waals surface area contributed by atoms with Gasteiger partial charge in [-0.15, -0.1) is 21.5 Å². The molecule has 0 saturated carbocycles. The van der Waals surface area contributed by atoms with Crippen molar-refractivity contribution in [3.05, 3.63) is 58.5 Å². The van der Waals surface area contributed by atoms with Crippen LogP contribution in [0.3, 0.4) is 0 Å². The molecular weight excluding hydrogens is 366 g/mol. The van der Waals surface area contributed by atoms with E-state index in [-0.39, 0.29) is 11.7 Å². The highest BCUT2D eigenvalue weighted by Gasteiger charge is 2.16. The molecule has 0 aliphatic heterocycles. The quantitative estimate of drug-likeness (QED) is 0.310. The molecule has 0 saturated heterocycles. The second kappa shape index (κ2) is 9.54. The summed E-state index contributed by atoms with van der Waals surface area (Å²) >= 11 is 3.06. The lowest BCUT2D eigenvalue weighted by atomic mass is 10.3. The van der Waals surface area contributed by atoms with Crippen molar-refractivity contribution in [3.63, 3.8) is 0 Å². The largest absolute Gasteiger partial charge is 0.465 e. The van der Waals surface area contributed by atoms with Crippen molar-refractivity contribution in [2.24, 2.45) is 0 Å². The van der Waals surface area contributed by atoms with Gasteiger partial charge >= 0.3 is 5.97 Å². The van der Waals surface area contributed by atoms with E-state index in [2.05, 4.69) is 28.6 Å². The van der Waals surface area contributed by atoms with Gasteiger partial charge in [-0.2, -0.15) is 0 Å². The number of carbonyl (C=O) groups excluding carboxylic acids is 1. The first-order valence-corrected chi connectivity index (χ1v) is 10.4. The summed E-state index contributed by atoms with van der Waals surface area (Å²) in [6.07, 6.45) is 2.61. The monoisotopic (exact) mass is 387 g/mol. The standard InChI is InChI=1S/C19H21N3O2S2/c1-2-3-11-24-18(23)14-26-19-21-20-17(13-16-10-7-12-25-16)22(19)15-8-5-4-6-9-15/h4-10,12H,2-3,11,13-14H2,1H3. The third-order valence-corrected chi connectivity index (χ3v) is 5.49. The van der Waals surface area contributed by atoms with E-state index in [1.54, 1.807) is 11.3 Å². The van der Waals surface area contributed by atoms with E-state index >= 15 is 0 Å². The van der Waals surface area contributed by atoms with Crippen LogP contribution in [0.15, 0.2) is 53.0 Å². The van der Waals surface area contributed by atoms with Gasteiger partial charge in [-0.1, -0.05) is 49.4 Å². The Balaban J connectivity index is 1.76. The minimum absolute atomic E-state index is 0.217. The lowest BCUT2D eigenvalue weighted by molar-refractivity contribution is -0.140. The predicted octanol–water partition coefficient (Wildman–Crippen LogP) is 4.36. The fourth-order valence-corrected chi connectivity index (χ4v) is 3.88. The Hall–Kier alpha value is -2.12. The van der Waals surface area contributed by atoms with E-state index < -0.39 is 0 Å². The molecule has 0 aliphatic carbocycles. The molecular formula is C19H21N3O2S2. The Bertz CT molecular complexity index is 817. The number of carbonyl (C=O) groups is 1. The minimum atomic E-state index is -0.217. The van der Waals surface area contributed by atoms with Crippen molar-refractivity contribution in [2.75, 3.05) is 12.4 Å². The molecule has 3 aromatic rings. The molecule has 0 radical (unpaired) electrons. The number of unbranched alkanes of at least 4 members (excludes halogenated alkanes) is 1. The summed E-state index contributed by atoms with van der Waals surface area (Å²) in [5, 5.41) is 11.4. The van der Waals surface area contributed by atoms with Crippen LogP contribution in [-0.2, 0) is 16.0 Å². The topological polar surface area (TPSA) is 57.0 Å². The Morgan fingerprint density at radius 2 is 2.04 bits per heavy atom. The zero-order valence-corrected chi connectivity index (χ0v) is 16.3. The van der Waals surface area contributed by atoms with Crippen LogP contribution in [0.25, 0.3) is 5.69 Å². The molecule has 0 unspecified atom stereocenters. The Morgan fingerprint density at radius 1 is 1.19 bits per heavy atom. The van der Waals surface area contributed by atoms with Gasteiger partial charge in [0, 0.05) is 17.0 Å². The number of benzene rings is 1. The molecule has 0 N–H and O–H groups in total. The summed E-state index contributed by atoms with van der Waals surface area (Å²) < 4.78 is 7.24. The summed E-state index contributed by atoms with van der Waals surface area (Å²) in [6, 6.07) is 14.1. The smallest absolute Gasteiger partial charge is 0.316 e. The molecule has 0 amide bonds. The van der Waals surface area contributed by atoms with Gasteiger partial charge in [-0.05, 0) is 30.0 Å². The summed E-state index contributed by atoms with van der Waals surface area (Å²) in [4.78, 5) is 13.1. The van der Waals surface area contributed by atoms with Gasteiger partial charge in [0.2, 0.25) is 0 Å². The maximum absolute atomic E-state index is 11.9. The van der Waals surface area contributed by atoms with Gasteiger partial charge in [0.15, 0.2) is 5.16 Å². The Morgan fingerprint density at radius 3 is 2.77 bits per heavy atom. The van der Waals surface area contributed by atoms with E-state index in [1.165, 1.54) is 16.6 Å². The average Bonchev–Trinajstić information content (AvgIpc) is 3.31. The maximum atomic E-state index is 11.9. The molecule has 0 spiro atoms. The first-order valence-electron chi connectivity index (χ1n) is 8.58. The zero-order chi connectivity index (χ0) is 18.2. The molecule has 136 valence electrons. The van der Waals surface area contributed by atoms with Crippen LogP contribution in [-0.4, -0.2) is 33.1 Å². The predicted molar refractivity (Wildman–Crippen MR) is 105 cm³/mol. The molecule has 0 atom stereocenters. The van der Waals surface area contributed by atoms with Crippen molar-refractivity contribution in [1.29, 1.82) is 0 Å². The van der Waals surface area contributed by atoms with Crippen LogP contribution in [0.4, 0.5) is 0 Å². The molecule has 0 aliphatic rings. The summed E-state index contributed by atoms with van der Waals surface area (Å²) in [5.41, 5.74) is 0.992. The van der Waals surface area contributed by atoms with E-state index in [0.29, 0.717) is 18.2 Å². The highest BCUT2D eigenvalue weighted by Crippen LogP contribution is 2.24. The number of hydrogen-bond acceptors (Lipinski definition) is 6. The Kier molecular flexibility index (Phi) is 6.85. The van der Waals surface area contributed by atoms with Gasteiger partial charge in [-0.3, -0.25) is 9.36 Å². The molecule has 0 bridgehead atoms. The van der Waals surface area contributed by atoms with Gasteiger partial charge in [0.25, 0.3) is 0 Å². The van der Waals surface area contributed by atoms with E-state index in [4.69, 9.17) is 4.74 Å². The van der Waals surface area contributed by atoms with Crippen molar-refractivity contribution in [1.82, 2.24) is 14.8 Å². The lowest BCUT2D eigenvalue weighted by Crippen LogP contribution is -2.09. The second-order valence-corrected chi connectivity index (χ2v) is 7.66. The van der Waals surface area contributed by atoms with Crippen LogP contribution in [0.5, 0.6) is 0 Å². The fraction of sp³-hybridized carbons (Fsp3) is 0.316. The van der Waals surface area contributed by atoms with Gasteiger partial charge < -0.3 is 4.74 Å². The normalized spacial score (nSPS) is 10.8. The molecule has 7 heteroatoms. The number of aromatic nitrogens is 3. The second-order valence-electron chi connectivity index (χ2n) is 5.69. The Labute approximate surface area is 161 Å². The molecule has 1 aromatic carbocycles. The van der Waals surface area contributed by atoms with Gasteiger partial charge in [0.05, 0.1) is 12.4 Å². The number of hydrogen-bond donors (Lipinski definition) is 0. The van der Waals surface area contributed by atoms with Crippen molar-refractivity contribution in [3.8, 4) is 5.69 Å². The van der Waals surface area contributed by atoms with Gasteiger partial charge in [-0.25, -0.2) is 0 Å². The first kappa shape index (κ1) is 18.7. The number of para-hydroxylation sites is 1. The third kappa shape index (κ3) is 4.95. The van der Waals surface area contributed by atoms with Crippen LogP contribution >= 0.6 is 23.1 Å². The number of thiophene rings is 1. The summed E-state index contributed by atoms with van der Waals surface area (Å²) in [7, 11) is 0. The van der Waals surface area contributed by atoms with E-state index in [9.17, 15) is 4.79 Å². The van der Waals surface area contributed by atoms with Gasteiger partial charge in [0.1, 0.15) is 5.82 Å². The lowest BCUT2D eigenvalue weighted by Gasteiger charge is -2.09. The minimum Gasteiger partial charge on any atom is -0.465 e. The summed E-state index contributed by atoms with van der Waals surface area (Å²) in [6.45, 7) is 2.55. The van der Waals surface area contributed by atoms with Crippen molar-refractivity contribution < 1.29 is 9.53 Å². The van der Waals surface area contributed by atoms with Crippen molar-refractivity contribution >= 4 is 29.1 Å². The first-order chi connectivity index (χ1) is 12.8. The van der Waals surface area contributed by atoms with Crippen LogP contribution < -0.4 is 0 Å². The molecule has 2 heterocycles. The molecule has 2 aromatic heterocycles. The molecule has 5 nitrogen and oxygen atoms in total. The number of rotatable bonds is 9. The average molecular weight is 388 g/mol. The molecule has 26 heavy (non-hydrogen) atoms. The van der Waals surface area contributed by atoms with Crippen LogP contribution in [0, 0.1) is 0 Å². The molecule has 3 rings (SSSR count). The maximum Gasteiger partial charge on any atom is 0.316 e. The van der Waals surface area contributed by atoms with Crippen LogP contribution in [0.2, 0.25) is 0 Å². The van der Waals surface area contributed by atoms with E-state index in [0.717, 1.165) is 24.4 Å². The highest BCUT2D eigenvalue weighted by molar-refractivity contribution is 7.99. The van der Waals surface area contributed by atoms with E-state index in [1.807, 2.05) is 41.0 Å².